The third kappa shape index (κ3) is 2.29. The Labute approximate surface area is 140 Å². The van der Waals surface area contributed by atoms with Gasteiger partial charge >= 0.3 is 5.97 Å². The number of carbonyl (C=O) groups is 1. The Balaban J connectivity index is 1.52. The highest BCUT2D eigenvalue weighted by Gasteiger charge is 2.49. The van der Waals surface area contributed by atoms with Gasteiger partial charge in [-0.2, -0.15) is 0 Å². The second-order valence-electron chi connectivity index (χ2n) is 6.72. The molecule has 1 N–H and O–H groups in total. The molecule has 122 valence electrons. The van der Waals surface area contributed by atoms with Crippen molar-refractivity contribution in [3.8, 4) is 0 Å². The van der Waals surface area contributed by atoms with E-state index in [-0.39, 0.29) is 11.9 Å². The van der Waals surface area contributed by atoms with Crippen molar-refractivity contribution in [2.24, 2.45) is 24.8 Å². The van der Waals surface area contributed by atoms with Crippen LogP contribution in [0.5, 0.6) is 0 Å². The van der Waals surface area contributed by atoms with Gasteiger partial charge in [-0.05, 0) is 54.8 Å². The number of imidazole rings is 1. The summed E-state index contributed by atoms with van der Waals surface area (Å²) in [6.45, 7) is 0. The van der Waals surface area contributed by atoms with Crippen molar-refractivity contribution in [1.82, 2.24) is 9.55 Å². The van der Waals surface area contributed by atoms with E-state index in [2.05, 4.69) is 10.3 Å². The van der Waals surface area contributed by atoms with Crippen LogP contribution < -0.4 is 5.32 Å². The van der Waals surface area contributed by atoms with Crippen LogP contribution in [0, 0.1) is 17.8 Å². The number of carbonyl (C=O) groups excluding carboxylic acids is 1. The fraction of sp³-hybridized carbons (Fsp3) is 0.529. The van der Waals surface area contributed by atoms with Crippen molar-refractivity contribution in [3.05, 3.63) is 23.5 Å². The molecule has 2 aliphatic rings. The van der Waals surface area contributed by atoms with Crippen molar-refractivity contribution < 1.29 is 9.53 Å². The van der Waals surface area contributed by atoms with E-state index in [1.807, 2.05) is 29.8 Å². The minimum atomic E-state index is -0.0586. The summed E-state index contributed by atoms with van der Waals surface area (Å²) in [5, 5.41) is 4.12. The molecule has 1 aromatic heterocycles. The fourth-order valence-electron chi connectivity index (χ4n) is 4.25. The van der Waals surface area contributed by atoms with Crippen molar-refractivity contribution in [3.63, 3.8) is 0 Å². The van der Waals surface area contributed by atoms with Crippen LogP contribution in [0.4, 0.5) is 5.69 Å². The van der Waals surface area contributed by atoms with Gasteiger partial charge in [-0.25, -0.2) is 4.98 Å². The average Bonchev–Trinajstić information content (AvgIpc) is 3.03. The normalized spacial score (nSPS) is 29.2. The number of ether oxygens (including phenoxy) is 1. The molecule has 2 aromatic rings. The number of benzene rings is 1. The second-order valence-corrected chi connectivity index (χ2v) is 7.05. The Morgan fingerprint density at radius 3 is 3.00 bits per heavy atom. The van der Waals surface area contributed by atoms with E-state index in [1.54, 1.807) is 0 Å². The number of esters is 1. The van der Waals surface area contributed by atoms with Crippen LogP contribution in [-0.4, -0.2) is 28.7 Å². The maximum atomic E-state index is 11.7. The molecule has 5 nitrogen and oxygen atoms in total. The van der Waals surface area contributed by atoms with E-state index in [4.69, 9.17) is 16.3 Å². The van der Waals surface area contributed by atoms with Crippen LogP contribution in [0.25, 0.3) is 11.0 Å². The molecule has 4 atom stereocenters. The fourth-order valence-corrected chi connectivity index (χ4v) is 4.43. The predicted molar refractivity (Wildman–Crippen MR) is 89.5 cm³/mol. The van der Waals surface area contributed by atoms with Crippen LogP contribution in [0.1, 0.15) is 19.3 Å². The summed E-state index contributed by atoms with van der Waals surface area (Å²) in [5.41, 5.74) is 2.95. The molecule has 0 bridgehead atoms. The number of nitrogens with one attached hydrogen (secondary N) is 1. The minimum absolute atomic E-state index is 0.0586. The Morgan fingerprint density at radius 2 is 2.22 bits per heavy atom. The number of anilines is 1. The molecule has 4 rings (SSSR count). The number of rotatable bonds is 3. The van der Waals surface area contributed by atoms with E-state index in [1.165, 1.54) is 7.11 Å². The monoisotopic (exact) mass is 333 g/mol. The van der Waals surface area contributed by atoms with Crippen molar-refractivity contribution in [1.29, 1.82) is 0 Å². The Bertz CT molecular complexity index is 773. The maximum Gasteiger partial charge on any atom is 0.308 e. The zero-order chi connectivity index (χ0) is 16.1. The first-order chi connectivity index (χ1) is 11.1. The first kappa shape index (κ1) is 14.8. The molecular weight excluding hydrogens is 314 g/mol. The summed E-state index contributed by atoms with van der Waals surface area (Å²) in [4.78, 5) is 16.2. The zero-order valence-corrected chi connectivity index (χ0v) is 14.0. The van der Waals surface area contributed by atoms with Gasteiger partial charge in [0.15, 0.2) is 0 Å². The molecule has 0 radical (unpaired) electrons. The molecule has 2 saturated carbocycles. The minimum Gasteiger partial charge on any atom is -0.469 e. The number of aryl methyl sites for hydroxylation is 1. The molecule has 1 aromatic carbocycles. The first-order valence-corrected chi connectivity index (χ1v) is 8.41. The lowest BCUT2D eigenvalue weighted by Gasteiger charge is -2.41. The molecule has 0 saturated heterocycles. The molecule has 2 fully saturated rings. The van der Waals surface area contributed by atoms with E-state index in [0.29, 0.717) is 23.2 Å². The number of aromatic nitrogens is 2. The number of para-hydroxylation sites is 1. The van der Waals surface area contributed by atoms with Gasteiger partial charge in [0.05, 0.1) is 24.2 Å². The summed E-state index contributed by atoms with van der Waals surface area (Å²) >= 11 is 6.14. The number of halogens is 1. The van der Waals surface area contributed by atoms with Gasteiger partial charge in [0.2, 0.25) is 5.28 Å². The molecule has 23 heavy (non-hydrogen) atoms. The van der Waals surface area contributed by atoms with Crippen LogP contribution >= 0.6 is 11.6 Å². The second kappa shape index (κ2) is 5.41. The van der Waals surface area contributed by atoms with Crippen LogP contribution in [0.2, 0.25) is 5.28 Å². The van der Waals surface area contributed by atoms with Gasteiger partial charge in [-0.15, -0.1) is 0 Å². The summed E-state index contributed by atoms with van der Waals surface area (Å²) < 4.78 is 6.78. The van der Waals surface area contributed by atoms with Gasteiger partial charge < -0.3 is 14.6 Å². The third-order valence-electron chi connectivity index (χ3n) is 5.56. The number of methoxy groups -OCH3 is 1. The topological polar surface area (TPSA) is 56.1 Å². The van der Waals surface area contributed by atoms with Crippen LogP contribution in [-0.2, 0) is 16.6 Å². The predicted octanol–water partition coefficient (Wildman–Crippen LogP) is 3.23. The number of nitrogens with zero attached hydrogens (tertiary/aromatic N) is 2. The van der Waals surface area contributed by atoms with Crippen molar-refractivity contribution in [2.45, 2.75) is 25.3 Å². The molecule has 0 unspecified atom stereocenters. The molecule has 0 aliphatic heterocycles. The lowest BCUT2D eigenvalue weighted by Crippen LogP contribution is -2.43. The standard InChI is InChI=1S/C17H20ClN3O2/c1-21-14-5-3-4-12(15(14)20-17(21)18)19-13-8-9-6-10(7-11(9)13)16(22)23-2/h3-5,9-11,13,19H,6-8H2,1-2H3/t9-,10+,11-,13+/m0/s1. The Kier molecular flexibility index (Phi) is 3.48. The summed E-state index contributed by atoms with van der Waals surface area (Å²) in [6.07, 6.45) is 3.00. The molecule has 2 aliphatic carbocycles. The molecular formula is C17H20ClN3O2. The highest BCUT2D eigenvalue weighted by atomic mass is 35.5. The van der Waals surface area contributed by atoms with Crippen LogP contribution in [0.15, 0.2) is 18.2 Å². The maximum absolute atomic E-state index is 11.7. The van der Waals surface area contributed by atoms with E-state index in [9.17, 15) is 4.79 Å². The largest absolute Gasteiger partial charge is 0.469 e. The highest BCUT2D eigenvalue weighted by molar-refractivity contribution is 6.29. The lowest BCUT2D eigenvalue weighted by atomic mass is 9.71. The SMILES string of the molecule is COC(=O)[C@@H]1C[C@H]2C[C@@H](Nc3cccc4c3nc(Cl)n4C)[C@H]2C1. The van der Waals surface area contributed by atoms with E-state index < -0.39 is 0 Å². The first-order valence-electron chi connectivity index (χ1n) is 8.03. The average molecular weight is 334 g/mol. The lowest BCUT2D eigenvalue weighted by molar-refractivity contribution is -0.145. The number of hydrogen-bond donors (Lipinski definition) is 1. The summed E-state index contributed by atoms with van der Waals surface area (Å²) in [7, 11) is 3.39. The van der Waals surface area contributed by atoms with Gasteiger partial charge in [-0.3, -0.25) is 4.79 Å². The van der Waals surface area contributed by atoms with E-state index >= 15 is 0 Å². The number of hydrogen-bond acceptors (Lipinski definition) is 4. The van der Waals surface area contributed by atoms with Gasteiger partial charge in [0, 0.05) is 13.1 Å². The summed E-state index contributed by atoms with van der Waals surface area (Å²) in [5.74, 6) is 1.20. The highest BCUT2D eigenvalue weighted by Crippen LogP contribution is 2.51. The zero-order valence-electron chi connectivity index (χ0n) is 13.3. The Hall–Kier alpha value is -1.75. The van der Waals surface area contributed by atoms with Gasteiger partial charge in [-0.1, -0.05) is 6.07 Å². The van der Waals surface area contributed by atoms with Crippen molar-refractivity contribution in [2.75, 3.05) is 12.4 Å². The molecule has 6 heteroatoms. The third-order valence-corrected chi connectivity index (χ3v) is 5.89. The summed E-state index contributed by atoms with van der Waals surface area (Å²) in [6, 6.07) is 6.49. The smallest absolute Gasteiger partial charge is 0.308 e. The van der Waals surface area contributed by atoms with E-state index in [0.717, 1.165) is 36.0 Å². The molecule has 0 spiro atoms. The Morgan fingerprint density at radius 1 is 1.39 bits per heavy atom. The van der Waals surface area contributed by atoms with Crippen LogP contribution in [0.3, 0.4) is 0 Å². The van der Waals surface area contributed by atoms with Gasteiger partial charge in [0.25, 0.3) is 0 Å². The van der Waals surface area contributed by atoms with Crippen molar-refractivity contribution >= 4 is 34.3 Å². The quantitative estimate of drug-likeness (QED) is 0.876. The molecule has 1 heterocycles. The number of fused-ring (bicyclic) bond motifs is 2. The van der Waals surface area contributed by atoms with Gasteiger partial charge in [0.1, 0.15) is 5.52 Å². The molecule has 0 amide bonds.